The first-order valence-corrected chi connectivity index (χ1v) is 9.29. The van der Waals surface area contributed by atoms with Crippen LogP contribution in [-0.4, -0.2) is 46.5 Å². The highest BCUT2D eigenvalue weighted by Gasteiger charge is 1.91. The van der Waals surface area contributed by atoms with E-state index in [1.165, 1.54) is 34.5 Å². The van der Waals surface area contributed by atoms with E-state index in [1.54, 1.807) is 0 Å². The second-order valence-electron chi connectivity index (χ2n) is 2.33. The number of rotatable bonds is 10. The van der Waals surface area contributed by atoms with Gasteiger partial charge in [-0.2, -0.15) is 47.0 Å². The van der Waals surface area contributed by atoms with Crippen molar-refractivity contribution in [2.45, 2.75) is 0 Å². The van der Waals surface area contributed by atoms with Crippen LogP contribution in [0.3, 0.4) is 0 Å². The van der Waals surface area contributed by atoms with Crippen LogP contribution >= 0.6 is 47.0 Å². The zero-order valence-corrected chi connectivity index (χ0v) is 11.6. The Labute approximate surface area is 100 Å². The Balaban J connectivity index is 2.76. The van der Waals surface area contributed by atoms with Crippen molar-refractivity contribution < 1.29 is 0 Å². The van der Waals surface area contributed by atoms with Gasteiger partial charge in [-0.3, -0.25) is 0 Å². The summed E-state index contributed by atoms with van der Waals surface area (Å²) in [5.74, 6) is 8.83. The van der Waals surface area contributed by atoms with Gasteiger partial charge in [0.25, 0.3) is 0 Å². The Bertz CT molecular complexity index is 77.7. The van der Waals surface area contributed by atoms with Crippen molar-refractivity contribution in [3.8, 4) is 0 Å². The van der Waals surface area contributed by atoms with E-state index in [9.17, 15) is 0 Å². The maximum atomic E-state index is 3.80. The van der Waals surface area contributed by atoms with Gasteiger partial charge in [-0.25, -0.2) is 0 Å². The normalized spacial score (nSPS) is 10.6. The van der Waals surface area contributed by atoms with E-state index in [-0.39, 0.29) is 0 Å². The van der Waals surface area contributed by atoms with Crippen molar-refractivity contribution in [2.75, 3.05) is 46.5 Å². The molecule has 0 saturated heterocycles. The van der Waals surface area contributed by atoms with Crippen LogP contribution < -0.4 is 0 Å². The van der Waals surface area contributed by atoms with Crippen molar-refractivity contribution in [2.24, 2.45) is 0 Å². The van der Waals surface area contributed by atoms with E-state index in [1.807, 2.05) is 23.5 Å². The molecule has 0 spiro atoms. The number of thioether (sulfide) groups is 4. The summed E-state index contributed by atoms with van der Waals surface area (Å²) in [7, 11) is 0. The van der Waals surface area contributed by atoms with E-state index in [2.05, 4.69) is 36.7 Å². The Morgan fingerprint density at radius 3 is 1.69 bits per heavy atom. The largest absolute Gasteiger partial charge is 0.165 e. The zero-order valence-electron chi connectivity index (χ0n) is 8.29. The topological polar surface area (TPSA) is 0 Å². The average Bonchev–Trinajstić information content (AvgIpc) is 2.16. The smallest absolute Gasteiger partial charge is 0.00238 e. The molecule has 0 aliphatic rings. The average molecular weight is 256 g/mol. The highest BCUT2D eigenvalue weighted by Crippen LogP contribution is 2.10. The summed E-state index contributed by atoms with van der Waals surface area (Å²) < 4.78 is 0. The van der Waals surface area contributed by atoms with E-state index >= 15 is 0 Å². The van der Waals surface area contributed by atoms with Crippen molar-refractivity contribution in [1.82, 2.24) is 0 Å². The molecule has 0 rings (SSSR count). The molecule has 0 nitrogen and oxygen atoms in total. The molecule has 1 radical (unpaired) electrons. The predicted molar refractivity (Wildman–Crippen MR) is 75.7 cm³/mol. The molecule has 0 bridgehead atoms. The Kier molecular flexibility index (Phi) is 14.8. The molecule has 0 aromatic heterocycles. The first-order valence-electron chi connectivity index (χ1n) is 4.43. The molecule has 0 aliphatic heterocycles. The standard InChI is InChI=1S/C9H19S4/c1-3-11-6-7-13-9-8-12-5-4-10-2/h1,3-9H2,2H3. The monoisotopic (exact) mass is 255 g/mol. The summed E-state index contributed by atoms with van der Waals surface area (Å²) in [6, 6.07) is 0. The molecule has 13 heavy (non-hydrogen) atoms. The van der Waals surface area contributed by atoms with Crippen LogP contribution in [0.25, 0.3) is 0 Å². The van der Waals surface area contributed by atoms with Crippen molar-refractivity contribution >= 4 is 47.0 Å². The Hall–Kier alpha value is 1.40. The van der Waals surface area contributed by atoms with Gasteiger partial charge in [0, 0.05) is 34.5 Å². The molecule has 0 heterocycles. The van der Waals surface area contributed by atoms with Gasteiger partial charge in [0.1, 0.15) is 0 Å². The predicted octanol–water partition coefficient (Wildman–Crippen LogP) is 3.38. The molecule has 0 atom stereocenters. The maximum absolute atomic E-state index is 3.80. The molecule has 0 aromatic carbocycles. The fraction of sp³-hybridized carbons (Fsp3) is 0.889. The minimum Gasteiger partial charge on any atom is -0.165 e. The fourth-order valence-corrected chi connectivity index (χ4v) is 4.32. The molecule has 0 aromatic rings. The van der Waals surface area contributed by atoms with Crippen LogP contribution in [-0.2, 0) is 0 Å². The zero-order chi connectivity index (χ0) is 9.78. The highest BCUT2D eigenvalue weighted by atomic mass is 32.2. The third-order valence-corrected chi connectivity index (χ3v) is 5.46. The minimum absolute atomic E-state index is 1.02. The van der Waals surface area contributed by atoms with Gasteiger partial charge in [0.15, 0.2) is 0 Å². The van der Waals surface area contributed by atoms with Gasteiger partial charge in [0.2, 0.25) is 0 Å². The highest BCUT2D eigenvalue weighted by molar-refractivity contribution is 8.05. The van der Waals surface area contributed by atoms with Crippen LogP contribution in [0.1, 0.15) is 0 Å². The summed E-state index contributed by atoms with van der Waals surface area (Å²) >= 11 is 8.03. The number of hydrogen-bond acceptors (Lipinski definition) is 4. The molecule has 79 valence electrons. The van der Waals surface area contributed by atoms with Gasteiger partial charge >= 0.3 is 0 Å². The summed E-state index contributed by atoms with van der Waals surface area (Å²) in [4.78, 5) is 0. The van der Waals surface area contributed by atoms with Crippen LogP contribution in [0.15, 0.2) is 0 Å². The molecule has 0 amide bonds. The van der Waals surface area contributed by atoms with E-state index in [0.717, 1.165) is 5.75 Å². The lowest BCUT2D eigenvalue weighted by Gasteiger charge is -2.00. The van der Waals surface area contributed by atoms with Gasteiger partial charge in [-0.05, 0) is 18.9 Å². The van der Waals surface area contributed by atoms with E-state index < -0.39 is 0 Å². The third kappa shape index (κ3) is 13.4. The van der Waals surface area contributed by atoms with Crippen molar-refractivity contribution in [1.29, 1.82) is 0 Å². The SMILES string of the molecule is [CH2]CSCCSCCSCCSC. The lowest BCUT2D eigenvalue weighted by Crippen LogP contribution is -1.92. The molecule has 0 fully saturated rings. The van der Waals surface area contributed by atoms with E-state index in [4.69, 9.17) is 0 Å². The van der Waals surface area contributed by atoms with Crippen LogP contribution in [0.2, 0.25) is 0 Å². The first-order chi connectivity index (χ1) is 6.41. The van der Waals surface area contributed by atoms with E-state index in [0.29, 0.717) is 0 Å². The van der Waals surface area contributed by atoms with Crippen molar-refractivity contribution in [3.63, 3.8) is 0 Å². The quantitative estimate of drug-likeness (QED) is 0.549. The van der Waals surface area contributed by atoms with Crippen LogP contribution in [0.5, 0.6) is 0 Å². The Morgan fingerprint density at radius 1 is 0.769 bits per heavy atom. The summed E-state index contributed by atoms with van der Waals surface area (Å²) in [5, 5.41) is 0. The molecule has 0 aliphatic carbocycles. The molecule has 0 saturated carbocycles. The lowest BCUT2D eigenvalue weighted by molar-refractivity contribution is 1.46. The van der Waals surface area contributed by atoms with Gasteiger partial charge in [-0.15, -0.1) is 0 Å². The Morgan fingerprint density at radius 2 is 1.23 bits per heavy atom. The van der Waals surface area contributed by atoms with Crippen LogP contribution in [0.4, 0.5) is 0 Å². The lowest BCUT2D eigenvalue weighted by atomic mass is 10.9. The molecular weight excluding hydrogens is 236 g/mol. The van der Waals surface area contributed by atoms with Crippen molar-refractivity contribution in [3.05, 3.63) is 6.92 Å². The summed E-state index contributed by atoms with van der Waals surface area (Å²) in [6.07, 6.45) is 2.17. The summed E-state index contributed by atoms with van der Waals surface area (Å²) in [6.45, 7) is 3.80. The molecular formula is C9H19S4. The first kappa shape index (κ1) is 14.4. The number of hydrogen-bond donors (Lipinski definition) is 0. The minimum atomic E-state index is 1.02. The summed E-state index contributed by atoms with van der Waals surface area (Å²) in [5.41, 5.74) is 0. The van der Waals surface area contributed by atoms with Gasteiger partial charge in [0.05, 0.1) is 0 Å². The molecule has 4 heteroatoms. The maximum Gasteiger partial charge on any atom is 0.00238 e. The third-order valence-electron chi connectivity index (χ3n) is 1.32. The van der Waals surface area contributed by atoms with Gasteiger partial charge < -0.3 is 0 Å². The van der Waals surface area contributed by atoms with Crippen LogP contribution in [0, 0.1) is 6.92 Å². The fourth-order valence-electron chi connectivity index (χ4n) is 0.684. The van der Waals surface area contributed by atoms with Gasteiger partial charge in [-0.1, -0.05) is 0 Å². The second-order valence-corrected chi connectivity index (χ2v) is 6.99. The molecule has 0 unspecified atom stereocenters. The molecule has 0 N–H and O–H groups in total. The second kappa shape index (κ2) is 13.4.